The number of aromatic nitrogens is 1. The second-order valence-corrected chi connectivity index (χ2v) is 8.16. The van der Waals surface area contributed by atoms with Crippen LogP contribution in [0.25, 0.3) is 10.6 Å². The molecule has 0 aliphatic carbocycles. The average molecular weight is 433 g/mol. The number of ether oxygens (including phenoxy) is 1. The van der Waals surface area contributed by atoms with Gasteiger partial charge >= 0.3 is 5.97 Å². The van der Waals surface area contributed by atoms with Gasteiger partial charge in [-0.3, -0.25) is 4.79 Å². The number of nitrogens with one attached hydrogen (secondary N) is 1. The Kier molecular flexibility index (Phi) is 7.76. The standard InChI is InChI=1S/C17H18Cl2N2O3S2/c1-9-14(15(22)21-12(7-8-25-3)17(23)24-2)26-16(20-9)13-10(18)5-4-6-11(13)19/h4-6,12H,7-8H2,1-3H3,(H,21,22). The lowest BCUT2D eigenvalue weighted by Gasteiger charge is -2.15. The maximum atomic E-state index is 12.7. The molecule has 1 aromatic carbocycles. The first kappa shape index (κ1) is 21.0. The molecular weight excluding hydrogens is 415 g/mol. The number of amides is 1. The maximum Gasteiger partial charge on any atom is 0.328 e. The number of rotatable bonds is 7. The highest BCUT2D eigenvalue weighted by molar-refractivity contribution is 7.98. The second kappa shape index (κ2) is 9.60. The zero-order valence-corrected chi connectivity index (χ0v) is 17.6. The Morgan fingerprint density at radius 2 is 2.00 bits per heavy atom. The third-order valence-electron chi connectivity index (χ3n) is 3.58. The smallest absolute Gasteiger partial charge is 0.328 e. The van der Waals surface area contributed by atoms with E-state index in [4.69, 9.17) is 27.9 Å². The third-order valence-corrected chi connectivity index (χ3v) is 6.03. The van der Waals surface area contributed by atoms with Crippen molar-refractivity contribution in [3.8, 4) is 10.6 Å². The van der Waals surface area contributed by atoms with E-state index in [0.717, 1.165) is 5.75 Å². The highest BCUT2D eigenvalue weighted by Crippen LogP contribution is 2.37. The molecule has 0 bridgehead atoms. The van der Waals surface area contributed by atoms with Gasteiger partial charge in [-0.05, 0) is 37.5 Å². The Hall–Kier alpha value is -1.28. The number of esters is 1. The Balaban J connectivity index is 2.27. The first-order valence-corrected chi connectivity index (χ1v) is 10.6. The van der Waals surface area contributed by atoms with Crippen molar-refractivity contribution >= 4 is 58.2 Å². The lowest BCUT2D eigenvalue weighted by atomic mass is 10.2. The monoisotopic (exact) mass is 432 g/mol. The van der Waals surface area contributed by atoms with E-state index in [1.807, 2.05) is 6.26 Å². The molecule has 0 radical (unpaired) electrons. The molecule has 140 valence electrons. The van der Waals surface area contributed by atoms with Crippen molar-refractivity contribution < 1.29 is 14.3 Å². The maximum absolute atomic E-state index is 12.7. The molecule has 5 nitrogen and oxygen atoms in total. The van der Waals surface area contributed by atoms with Gasteiger partial charge in [0.2, 0.25) is 0 Å². The molecule has 2 rings (SSSR count). The van der Waals surface area contributed by atoms with E-state index in [1.54, 1.807) is 36.9 Å². The van der Waals surface area contributed by atoms with E-state index in [-0.39, 0.29) is 5.91 Å². The summed E-state index contributed by atoms with van der Waals surface area (Å²) < 4.78 is 4.77. The Morgan fingerprint density at radius 1 is 1.35 bits per heavy atom. The van der Waals surface area contributed by atoms with Crippen LogP contribution in [-0.2, 0) is 9.53 Å². The fraction of sp³-hybridized carbons (Fsp3) is 0.353. The minimum Gasteiger partial charge on any atom is -0.467 e. The number of halogens is 2. The SMILES string of the molecule is COC(=O)C(CCSC)NC(=O)c1sc(-c2c(Cl)cccc2Cl)nc1C. The van der Waals surface area contributed by atoms with Gasteiger partial charge in [0, 0.05) is 5.56 Å². The van der Waals surface area contributed by atoms with Gasteiger partial charge < -0.3 is 10.1 Å². The molecule has 0 aliphatic rings. The third kappa shape index (κ3) is 4.91. The van der Waals surface area contributed by atoms with Crippen LogP contribution in [0.3, 0.4) is 0 Å². The second-order valence-electron chi connectivity index (χ2n) is 5.36. The number of benzene rings is 1. The number of hydrogen-bond acceptors (Lipinski definition) is 6. The number of carbonyl (C=O) groups is 2. The molecule has 0 saturated carbocycles. The predicted octanol–water partition coefficient (Wildman–Crippen LogP) is 4.45. The van der Waals surface area contributed by atoms with E-state index in [2.05, 4.69) is 10.3 Å². The zero-order valence-electron chi connectivity index (χ0n) is 14.5. The Morgan fingerprint density at radius 3 is 2.58 bits per heavy atom. The van der Waals surface area contributed by atoms with Crippen molar-refractivity contribution in [2.45, 2.75) is 19.4 Å². The van der Waals surface area contributed by atoms with E-state index >= 15 is 0 Å². The molecule has 2 aromatic rings. The Labute approximate surface area is 170 Å². The van der Waals surface area contributed by atoms with Gasteiger partial charge in [0.15, 0.2) is 0 Å². The van der Waals surface area contributed by atoms with Crippen LogP contribution in [0.1, 0.15) is 21.8 Å². The van der Waals surface area contributed by atoms with E-state index in [0.29, 0.717) is 37.6 Å². The van der Waals surface area contributed by atoms with Gasteiger partial charge in [-0.25, -0.2) is 9.78 Å². The van der Waals surface area contributed by atoms with Crippen molar-refractivity contribution in [2.24, 2.45) is 0 Å². The molecule has 9 heteroatoms. The number of hydrogen-bond donors (Lipinski definition) is 1. The summed E-state index contributed by atoms with van der Waals surface area (Å²) in [5.41, 5.74) is 1.14. The van der Waals surface area contributed by atoms with Crippen molar-refractivity contribution in [3.63, 3.8) is 0 Å². The Bertz CT molecular complexity index is 791. The van der Waals surface area contributed by atoms with Crippen LogP contribution >= 0.6 is 46.3 Å². The van der Waals surface area contributed by atoms with Crippen LogP contribution in [0.5, 0.6) is 0 Å². The largest absolute Gasteiger partial charge is 0.467 e. The summed E-state index contributed by atoms with van der Waals surface area (Å²) >= 11 is 15.2. The average Bonchev–Trinajstić information content (AvgIpc) is 2.99. The van der Waals surface area contributed by atoms with Crippen LogP contribution in [0.2, 0.25) is 10.0 Å². The summed E-state index contributed by atoms with van der Waals surface area (Å²) in [7, 11) is 1.30. The molecule has 1 N–H and O–H groups in total. The minimum absolute atomic E-state index is 0.370. The number of aryl methyl sites for hydroxylation is 1. The minimum atomic E-state index is -0.700. The highest BCUT2D eigenvalue weighted by atomic mass is 35.5. The first-order chi connectivity index (χ1) is 12.4. The van der Waals surface area contributed by atoms with E-state index < -0.39 is 12.0 Å². The molecule has 26 heavy (non-hydrogen) atoms. The number of nitrogens with zero attached hydrogens (tertiary/aromatic N) is 1. The first-order valence-electron chi connectivity index (χ1n) is 7.68. The van der Waals surface area contributed by atoms with Crippen molar-refractivity contribution in [3.05, 3.63) is 38.8 Å². The summed E-state index contributed by atoms with van der Waals surface area (Å²) in [5.74, 6) is -0.114. The predicted molar refractivity (Wildman–Crippen MR) is 109 cm³/mol. The van der Waals surface area contributed by atoms with Gasteiger partial charge in [-0.15, -0.1) is 11.3 Å². The summed E-state index contributed by atoms with van der Waals surface area (Å²) in [4.78, 5) is 29.4. The normalized spacial score (nSPS) is 11.9. The van der Waals surface area contributed by atoms with Gasteiger partial charge in [0.1, 0.15) is 15.9 Å². The summed E-state index contributed by atoms with van der Waals surface area (Å²) in [6.45, 7) is 1.73. The van der Waals surface area contributed by atoms with Gasteiger partial charge in [-0.1, -0.05) is 29.3 Å². The lowest BCUT2D eigenvalue weighted by molar-refractivity contribution is -0.142. The zero-order chi connectivity index (χ0) is 19.3. The quantitative estimate of drug-likeness (QED) is 0.654. The van der Waals surface area contributed by atoms with E-state index in [9.17, 15) is 9.59 Å². The molecular formula is C17H18Cl2N2O3S2. The van der Waals surface area contributed by atoms with Crippen LogP contribution in [-0.4, -0.2) is 42.0 Å². The number of carbonyl (C=O) groups excluding carboxylic acids is 2. The van der Waals surface area contributed by atoms with Crippen molar-refractivity contribution in [1.82, 2.24) is 10.3 Å². The molecule has 1 atom stereocenters. The number of thioether (sulfide) groups is 1. The fourth-order valence-corrected chi connectivity index (χ4v) is 4.47. The van der Waals surface area contributed by atoms with E-state index in [1.165, 1.54) is 18.4 Å². The summed E-state index contributed by atoms with van der Waals surface area (Å²) in [6, 6.07) is 4.48. The van der Waals surface area contributed by atoms with Crippen LogP contribution in [0.15, 0.2) is 18.2 Å². The molecule has 1 heterocycles. The summed E-state index contributed by atoms with van der Waals surface area (Å²) in [6.07, 6.45) is 2.42. The molecule has 0 saturated heterocycles. The molecule has 1 aromatic heterocycles. The summed E-state index contributed by atoms with van der Waals surface area (Å²) in [5, 5.41) is 4.22. The van der Waals surface area contributed by atoms with Crippen LogP contribution < -0.4 is 5.32 Å². The number of methoxy groups -OCH3 is 1. The van der Waals surface area contributed by atoms with Crippen molar-refractivity contribution in [2.75, 3.05) is 19.1 Å². The molecule has 0 spiro atoms. The topological polar surface area (TPSA) is 68.3 Å². The van der Waals surface area contributed by atoms with Gasteiger partial charge in [-0.2, -0.15) is 11.8 Å². The van der Waals surface area contributed by atoms with Crippen LogP contribution in [0.4, 0.5) is 0 Å². The molecule has 0 fully saturated rings. The molecule has 0 aliphatic heterocycles. The van der Waals surface area contributed by atoms with Gasteiger partial charge in [0.25, 0.3) is 5.91 Å². The fourth-order valence-electron chi connectivity index (χ4n) is 2.27. The van der Waals surface area contributed by atoms with Crippen LogP contribution in [0, 0.1) is 6.92 Å². The highest BCUT2D eigenvalue weighted by Gasteiger charge is 2.25. The van der Waals surface area contributed by atoms with Gasteiger partial charge in [0.05, 0.1) is 22.8 Å². The number of thiazole rings is 1. The van der Waals surface area contributed by atoms with Crippen molar-refractivity contribution in [1.29, 1.82) is 0 Å². The lowest BCUT2D eigenvalue weighted by Crippen LogP contribution is -2.41. The molecule has 1 unspecified atom stereocenters. The molecule has 1 amide bonds.